The normalized spacial score (nSPS) is 22.7. The van der Waals surface area contributed by atoms with Gasteiger partial charge in [-0.25, -0.2) is 4.79 Å². The number of benzene rings is 1. The number of carbonyl (C=O) groups excluding carboxylic acids is 2. The molecule has 0 aliphatic carbocycles. The molecule has 0 saturated heterocycles. The van der Waals surface area contributed by atoms with Crippen molar-refractivity contribution in [3.63, 3.8) is 0 Å². The molecule has 0 aromatic heterocycles. The highest BCUT2D eigenvalue weighted by Gasteiger charge is 2.43. The molecule has 0 fully saturated rings. The molecule has 1 aromatic carbocycles. The summed E-state index contributed by atoms with van der Waals surface area (Å²) in [6, 6.07) is 9.49. The molecule has 4 nitrogen and oxygen atoms in total. The van der Waals surface area contributed by atoms with Crippen LogP contribution in [0.25, 0.3) is 0 Å². The number of hydrogen-bond donors (Lipinski definition) is 1. The van der Waals surface area contributed by atoms with Gasteiger partial charge in [0, 0.05) is 12.0 Å². The van der Waals surface area contributed by atoms with Crippen molar-refractivity contribution in [1.29, 1.82) is 0 Å². The van der Waals surface area contributed by atoms with Crippen LogP contribution in [0.3, 0.4) is 0 Å². The van der Waals surface area contributed by atoms with Crippen molar-refractivity contribution in [3.8, 4) is 0 Å². The molecule has 1 aromatic rings. The van der Waals surface area contributed by atoms with Crippen molar-refractivity contribution in [1.82, 2.24) is 5.32 Å². The first kappa shape index (κ1) is 15.8. The van der Waals surface area contributed by atoms with Gasteiger partial charge in [-0.05, 0) is 24.1 Å². The van der Waals surface area contributed by atoms with Crippen LogP contribution in [0.1, 0.15) is 12.5 Å². The molecular weight excluding hydrogens is 278 g/mol. The van der Waals surface area contributed by atoms with Crippen LogP contribution in [-0.4, -0.2) is 24.5 Å². The van der Waals surface area contributed by atoms with Crippen molar-refractivity contribution < 1.29 is 14.3 Å². The van der Waals surface area contributed by atoms with Crippen LogP contribution in [0, 0.1) is 0 Å². The van der Waals surface area contributed by atoms with Gasteiger partial charge in [0.1, 0.15) is 0 Å². The van der Waals surface area contributed by atoms with Gasteiger partial charge >= 0.3 is 5.97 Å². The lowest BCUT2D eigenvalue weighted by atomic mass is 9.83. The molecule has 4 heteroatoms. The number of carbonyl (C=O) groups is 2. The van der Waals surface area contributed by atoms with E-state index >= 15 is 0 Å². The third-order valence-corrected chi connectivity index (χ3v) is 3.68. The highest BCUT2D eigenvalue weighted by atomic mass is 16.5. The third kappa shape index (κ3) is 2.86. The molecule has 1 N–H and O–H groups in total. The Balaban J connectivity index is 2.53. The zero-order valence-electron chi connectivity index (χ0n) is 12.8. The van der Waals surface area contributed by atoms with Gasteiger partial charge in [0.2, 0.25) is 0 Å². The number of esters is 1. The molecule has 1 heterocycles. The minimum absolute atomic E-state index is 0.304. The number of nitrogens with one attached hydrogen (secondary N) is 1. The Hall–Kier alpha value is -2.62. The topological polar surface area (TPSA) is 55.4 Å². The average Bonchev–Trinajstić information content (AvgIpc) is 2.54. The van der Waals surface area contributed by atoms with Crippen molar-refractivity contribution in [2.75, 3.05) is 7.11 Å². The molecule has 1 unspecified atom stereocenters. The van der Waals surface area contributed by atoms with Crippen LogP contribution in [0.5, 0.6) is 0 Å². The second-order valence-corrected chi connectivity index (χ2v) is 5.09. The van der Waals surface area contributed by atoms with Crippen LogP contribution in [0.15, 0.2) is 66.3 Å². The largest absolute Gasteiger partial charge is 0.467 e. The molecule has 22 heavy (non-hydrogen) atoms. The number of hydrogen-bond acceptors (Lipinski definition) is 3. The molecule has 2 rings (SSSR count). The summed E-state index contributed by atoms with van der Waals surface area (Å²) in [5.41, 5.74) is 0.843. The van der Waals surface area contributed by atoms with E-state index in [1.165, 1.54) is 7.11 Å². The van der Waals surface area contributed by atoms with Crippen LogP contribution in [-0.2, 0) is 20.7 Å². The second-order valence-electron chi connectivity index (χ2n) is 5.09. The van der Waals surface area contributed by atoms with Crippen molar-refractivity contribution in [2.45, 2.75) is 18.9 Å². The Morgan fingerprint density at radius 1 is 1.36 bits per heavy atom. The zero-order valence-corrected chi connectivity index (χ0v) is 12.8. The van der Waals surface area contributed by atoms with E-state index in [4.69, 9.17) is 4.74 Å². The van der Waals surface area contributed by atoms with Crippen molar-refractivity contribution in [3.05, 3.63) is 71.8 Å². The predicted octanol–water partition coefficient (Wildman–Crippen LogP) is 2.33. The van der Waals surface area contributed by atoms with Gasteiger partial charge in [-0.2, -0.15) is 0 Å². The fraction of sp³-hybridized carbons (Fsp3) is 0.222. The summed E-state index contributed by atoms with van der Waals surface area (Å²) in [6.07, 6.45) is 5.32. The molecule has 1 aliphatic heterocycles. The van der Waals surface area contributed by atoms with Gasteiger partial charge in [0.25, 0.3) is 5.91 Å². The maximum atomic E-state index is 12.4. The van der Waals surface area contributed by atoms with E-state index in [0.29, 0.717) is 17.6 Å². The third-order valence-electron chi connectivity index (χ3n) is 3.68. The smallest absolute Gasteiger partial charge is 0.336 e. The lowest BCUT2D eigenvalue weighted by Crippen LogP contribution is -2.58. The van der Waals surface area contributed by atoms with E-state index in [1.807, 2.05) is 30.3 Å². The van der Waals surface area contributed by atoms with E-state index in [-0.39, 0.29) is 5.91 Å². The standard InChI is InChI=1S/C18H19NO3/c1-4-14-12-18(17(21)22-3,19-16(20)15(14)5-2)11-13-9-7-6-8-10-13/h4-10,12H,1,11H2,2-3H3,(H,19,20)/b15-5-. The lowest BCUT2D eigenvalue weighted by Gasteiger charge is -2.34. The SMILES string of the molecule is C=CC1=CC(Cc2ccccc2)(C(=O)OC)NC(=O)/C1=C\C. The lowest BCUT2D eigenvalue weighted by molar-refractivity contribution is -0.148. The molecule has 0 radical (unpaired) electrons. The maximum absolute atomic E-state index is 12.4. The van der Waals surface area contributed by atoms with Crippen LogP contribution in [0.2, 0.25) is 0 Å². The summed E-state index contributed by atoms with van der Waals surface area (Å²) in [6.45, 7) is 5.51. The molecular formula is C18H19NO3. The summed E-state index contributed by atoms with van der Waals surface area (Å²) in [7, 11) is 1.31. The quantitative estimate of drug-likeness (QED) is 0.685. The van der Waals surface area contributed by atoms with Crippen LogP contribution in [0.4, 0.5) is 0 Å². The monoisotopic (exact) mass is 297 g/mol. The average molecular weight is 297 g/mol. The molecule has 0 saturated carbocycles. The van der Waals surface area contributed by atoms with E-state index in [9.17, 15) is 9.59 Å². The Morgan fingerprint density at radius 2 is 2.05 bits per heavy atom. The first-order valence-electron chi connectivity index (χ1n) is 7.03. The molecule has 1 amide bonds. The van der Waals surface area contributed by atoms with Crippen molar-refractivity contribution in [2.24, 2.45) is 0 Å². The van der Waals surface area contributed by atoms with E-state index in [1.54, 1.807) is 25.2 Å². The van der Waals surface area contributed by atoms with E-state index in [2.05, 4.69) is 11.9 Å². The number of allylic oxidation sites excluding steroid dienone is 2. The Labute approximate surface area is 130 Å². The van der Waals surface area contributed by atoms with Crippen molar-refractivity contribution >= 4 is 11.9 Å². The molecule has 1 atom stereocenters. The second kappa shape index (κ2) is 6.43. The maximum Gasteiger partial charge on any atom is 0.336 e. The number of methoxy groups -OCH3 is 1. The predicted molar refractivity (Wildman–Crippen MR) is 85.1 cm³/mol. The molecule has 0 spiro atoms. The van der Waals surface area contributed by atoms with Crippen LogP contribution < -0.4 is 5.32 Å². The number of ether oxygens (including phenoxy) is 1. The first-order valence-corrected chi connectivity index (χ1v) is 7.03. The molecule has 1 aliphatic rings. The highest BCUT2D eigenvalue weighted by molar-refractivity contribution is 6.05. The summed E-state index contributed by atoms with van der Waals surface area (Å²) in [4.78, 5) is 24.7. The minimum atomic E-state index is -1.22. The van der Waals surface area contributed by atoms with Gasteiger partial charge in [0.15, 0.2) is 5.54 Å². The van der Waals surface area contributed by atoms with Gasteiger partial charge in [0.05, 0.1) is 7.11 Å². The number of amides is 1. The van der Waals surface area contributed by atoms with E-state index in [0.717, 1.165) is 5.56 Å². The van der Waals surface area contributed by atoms with E-state index < -0.39 is 11.5 Å². The molecule has 0 bridgehead atoms. The summed E-state index contributed by atoms with van der Waals surface area (Å²) < 4.78 is 4.92. The Morgan fingerprint density at radius 3 is 2.59 bits per heavy atom. The summed E-state index contributed by atoms with van der Waals surface area (Å²) in [5.74, 6) is -0.805. The summed E-state index contributed by atoms with van der Waals surface area (Å²) in [5, 5.41) is 2.79. The van der Waals surface area contributed by atoms with Gasteiger partial charge in [-0.15, -0.1) is 0 Å². The Bertz CT molecular complexity index is 658. The van der Waals surface area contributed by atoms with Gasteiger partial charge in [-0.3, -0.25) is 4.79 Å². The van der Waals surface area contributed by atoms with Gasteiger partial charge < -0.3 is 10.1 Å². The fourth-order valence-corrected chi connectivity index (χ4v) is 2.62. The number of rotatable bonds is 4. The summed E-state index contributed by atoms with van der Waals surface area (Å²) >= 11 is 0. The minimum Gasteiger partial charge on any atom is -0.467 e. The highest BCUT2D eigenvalue weighted by Crippen LogP contribution is 2.27. The van der Waals surface area contributed by atoms with Gasteiger partial charge in [-0.1, -0.05) is 49.1 Å². The fourth-order valence-electron chi connectivity index (χ4n) is 2.62. The Kier molecular flexibility index (Phi) is 4.61. The molecule has 114 valence electrons. The first-order chi connectivity index (χ1) is 10.6. The van der Waals surface area contributed by atoms with Crippen LogP contribution >= 0.6 is 0 Å². The zero-order chi connectivity index (χ0) is 16.2.